The summed E-state index contributed by atoms with van der Waals surface area (Å²) < 4.78 is 2.32. The Hall–Kier alpha value is -0.990. The smallest absolute Gasteiger partial charge is 0.203 e. The minimum absolute atomic E-state index is 0.657. The van der Waals surface area contributed by atoms with E-state index in [1.165, 1.54) is 25.7 Å². The lowest BCUT2D eigenvalue weighted by molar-refractivity contribution is 0.291. The Labute approximate surface area is 91.9 Å². The van der Waals surface area contributed by atoms with E-state index in [1.807, 2.05) is 7.05 Å². The van der Waals surface area contributed by atoms with Gasteiger partial charge in [0.25, 0.3) is 0 Å². The Morgan fingerprint density at radius 2 is 2.00 bits per heavy atom. The van der Waals surface area contributed by atoms with Crippen molar-refractivity contribution in [1.29, 1.82) is 0 Å². The van der Waals surface area contributed by atoms with Gasteiger partial charge in [0, 0.05) is 19.3 Å². The molecule has 1 fully saturated rings. The average Bonchev–Trinajstić information content (AvgIpc) is 2.61. The van der Waals surface area contributed by atoms with Crippen molar-refractivity contribution in [3.63, 3.8) is 0 Å². The van der Waals surface area contributed by atoms with Crippen LogP contribution < -0.4 is 5.32 Å². The molecule has 0 unspecified atom stereocenters. The Bertz CT molecular complexity index is 322. The van der Waals surface area contributed by atoms with Gasteiger partial charge in [0.1, 0.15) is 0 Å². The number of hydrogen-bond acceptors (Lipinski definition) is 2. The number of hydrogen-bond donors (Lipinski definition) is 1. The summed E-state index contributed by atoms with van der Waals surface area (Å²) in [6.45, 7) is 4.41. The van der Waals surface area contributed by atoms with E-state index < -0.39 is 0 Å². The highest BCUT2D eigenvalue weighted by Gasteiger charge is 2.21. The second-order valence-corrected chi connectivity index (χ2v) is 4.78. The summed E-state index contributed by atoms with van der Waals surface area (Å²) in [6.07, 6.45) is 7.47. The largest absolute Gasteiger partial charge is 0.359 e. The van der Waals surface area contributed by atoms with Crippen molar-refractivity contribution < 1.29 is 0 Å². The van der Waals surface area contributed by atoms with Gasteiger partial charge in [0.05, 0.1) is 5.69 Å². The van der Waals surface area contributed by atoms with Crippen LogP contribution in [0.4, 0.5) is 5.95 Å². The molecule has 2 rings (SSSR count). The second-order valence-electron chi connectivity index (χ2n) is 4.78. The van der Waals surface area contributed by atoms with Gasteiger partial charge in [-0.2, -0.15) is 0 Å². The van der Waals surface area contributed by atoms with E-state index in [1.54, 1.807) is 0 Å². The predicted molar refractivity (Wildman–Crippen MR) is 63.2 cm³/mol. The lowest BCUT2D eigenvalue weighted by Gasteiger charge is -2.28. The van der Waals surface area contributed by atoms with Crippen LogP contribution in [0.5, 0.6) is 0 Å². The molecule has 1 saturated carbocycles. The summed E-state index contributed by atoms with van der Waals surface area (Å²) in [5.74, 6) is 1.93. The first-order valence-electron chi connectivity index (χ1n) is 5.94. The van der Waals surface area contributed by atoms with Crippen LogP contribution in [0.1, 0.15) is 44.3 Å². The summed E-state index contributed by atoms with van der Waals surface area (Å²) in [5, 5.41) is 3.18. The number of rotatable bonds is 2. The summed E-state index contributed by atoms with van der Waals surface area (Å²) >= 11 is 0. The van der Waals surface area contributed by atoms with Crippen LogP contribution in [0.3, 0.4) is 0 Å². The van der Waals surface area contributed by atoms with Gasteiger partial charge in [0.2, 0.25) is 5.95 Å². The van der Waals surface area contributed by atoms with Crippen molar-refractivity contribution in [2.24, 2.45) is 5.92 Å². The highest BCUT2D eigenvalue weighted by Crippen LogP contribution is 2.33. The van der Waals surface area contributed by atoms with Gasteiger partial charge in [-0.3, -0.25) is 0 Å². The van der Waals surface area contributed by atoms with Gasteiger partial charge in [-0.05, 0) is 38.5 Å². The molecule has 0 spiro atoms. The normalized spacial score (nSPS) is 26.6. The molecule has 84 valence electrons. The van der Waals surface area contributed by atoms with E-state index in [4.69, 9.17) is 0 Å². The molecular weight excluding hydrogens is 186 g/mol. The molecule has 1 heterocycles. The molecular formula is C12H21N3. The van der Waals surface area contributed by atoms with Gasteiger partial charge < -0.3 is 9.88 Å². The van der Waals surface area contributed by atoms with Crippen molar-refractivity contribution in [3.8, 4) is 0 Å². The first kappa shape index (κ1) is 10.5. The van der Waals surface area contributed by atoms with Crippen LogP contribution in [-0.4, -0.2) is 16.6 Å². The van der Waals surface area contributed by atoms with Crippen LogP contribution in [-0.2, 0) is 0 Å². The minimum atomic E-state index is 0.657. The molecule has 3 nitrogen and oxygen atoms in total. The highest BCUT2D eigenvalue weighted by atomic mass is 15.2. The van der Waals surface area contributed by atoms with Gasteiger partial charge in [-0.25, -0.2) is 4.98 Å². The molecule has 3 heteroatoms. The first-order valence-corrected chi connectivity index (χ1v) is 5.94. The number of aromatic nitrogens is 2. The van der Waals surface area contributed by atoms with Crippen LogP contribution in [0, 0.1) is 12.8 Å². The van der Waals surface area contributed by atoms with E-state index in [0.29, 0.717) is 6.04 Å². The Kier molecular flexibility index (Phi) is 2.98. The fourth-order valence-corrected chi connectivity index (χ4v) is 2.50. The Morgan fingerprint density at radius 1 is 1.33 bits per heavy atom. The number of anilines is 1. The molecule has 0 saturated heterocycles. The van der Waals surface area contributed by atoms with E-state index in [2.05, 4.69) is 34.9 Å². The summed E-state index contributed by atoms with van der Waals surface area (Å²) in [6, 6.07) is 0.657. The third-order valence-corrected chi connectivity index (χ3v) is 3.46. The standard InChI is InChI=1S/C12H21N3/c1-9-4-6-11(7-5-9)15-8-10(2)14-12(15)13-3/h8-9,11H,4-7H2,1-3H3,(H,13,14). The third-order valence-electron chi connectivity index (χ3n) is 3.46. The van der Waals surface area contributed by atoms with Gasteiger partial charge >= 0.3 is 0 Å². The topological polar surface area (TPSA) is 29.9 Å². The van der Waals surface area contributed by atoms with Crippen LogP contribution in [0.2, 0.25) is 0 Å². The van der Waals surface area contributed by atoms with Gasteiger partial charge in [0.15, 0.2) is 0 Å². The van der Waals surface area contributed by atoms with E-state index in [0.717, 1.165) is 17.6 Å². The highest BCUT2D eigenvalue weighted by molar-refractivity contribution is 5.28. The summed E-state index contributed by atoms with van der Waals surface area (Å²) in [5.41, 5.74) is 1.11. The fourth-order valence-electron chi connectivity index (χ4n) is 2.50. The van der Waals surface area contributed by atoms with Gasteiger partial charge in [-0.15, -0.1) is 0 Å². The lowest BCUT2D eigenvalue weighted by Crippen LogP contribution is -2.17. The molecule has 0 amide bonds. The van der Waals surface area contributed by atoms with Crippen molar-refractivity contribution in [2.45, 2.75) is 45.6 Å². The third kappa shape index (κ3) is 2.16. The quantitative estimate of drug-likeness (QED) is 0.808. The molecule has 1 aliphatic rings. The van der Waals surface area contributed by atoms with Crippen LogP contribution in [0.15, 0.2) is 6.20 Å². The fraction of sp³-hybridized carbons (Fsp3) is 0.750. The Morgan fingerprint density at radius 3 is 2.60 bits per heavy atom. The van der Waals surface area contributed by atoms with Crippen molar-refractivity contribution >= 4 is 5.95 Å². The van der Waals surface area contributed by atoms with Crippen molar-refractivity contribution in [1.82, 2.24) is 9.55 Å². The zero-order valence-electron chi connectivity index (χ0n) is 9.95. The maximum Gasteiger partial charge on any atom is 0.203 e. The Balaban J connectivity index is 2.14. The van der Waals surface area contributed by atoms with E-state index in [9.17, 15) is 0 Å². The molecule has 15 heavy (non-hydrogen) atoms. The van der Waals surface area contributed by atoms with Crippen molar-refractivity contribution in [2.75, 3.05) is 12.4 Å². The monoisotopic (exact) mass is 207 g/mol. The molecule has 1 aromatic heterocycles. The van der Waals surface area contributed by atoms with E-state index >= 15 is 0 Å². The number of imidazole rings is 1. The number of aryl methyl sites for hydroxylation is 1. The average molecular weight is 207 g/mol. The second kappa shape index (κ2) is 4.25. The molecule has 0 atom stereocenters. The molecule has 1 N–H and O–H groups in total. The first-order chi connectivity index (χ1) is 7.20. The zero-order chi connectivity index (χ0) is 10.8. The SMILES string of the molecule is CNc1nc(C)cn1C1CCC(C)CC1. The maximum atomic E-state index is 4.48. The lowest BCUT2D eigenvalue weighted by atomic mass is 9.87. The number of nitrogens with one attached hydrogen (secondary N) is 1. The summed E-state index contributed by atoms with van der Waals surface area (Å²) in [4.78, 5) is 4.48. The van der Waals surface area contributed by atoms with Gasteiger partial charge in [-0.1, -0.05) is 6.92 Å². The summed E-state index contributed by atoms with van der Waals surface area (Å²) in [7, 11) is 1.95. The molecule has 0 radical (unpaired) electrons. The maximum absolute atomic E-state index is 4.48. The molecule has 0 aliphatic heterocycles. The molecule has 1 aromatic rings. The van der Waals surface area contributed by atoms with E-state index in [-0.39, 0.29) is 0 Å². The zero-order valence-corrected chi connectivity index (χ0v) is 9.95. The predicted octanol–water partition coefficient (Wildman–Crippen LogP) is 2.98. The minimum Gasteiger partial charge on any atom is -0.359 e. The van der Waals surface area contributed by atoms with Crippen molar-refractivity contribution in [3.05, 3.63) is 11.9 Å². The number of nitrogens with zero attached hydrogens (tertiary/aromatic N) is 2. The molecule has 1 aliphatic carbocycles. The molecule has 0 bridgehead atoms. The van der Waals surface area contributed by atoms with Crippen LogP contribution >= 0.6 is 0 Å². The molecule has 0 aromatic carbocycles. The van der Waals surface area contributed by atoms with Crippen LogP contribution in [0.25, 0.3) is 0 Å².